The highest BCUT2D eigenvalue weighted by Crippen LogP contribution is 2.28. The van der Waals surface area contributed by atoms with Crippen LogP contribution in [-0.4, -0.2) is 43.2 Å². The minimum atomic E-state index is -4.47. The fourth-order valence-corrected chi connectivity index (χ4v) is 2.42. The summed E-state index contributed by atoms with van der Waals surface area (Å²) < 4.78 is 38.8. The van der Waals surface area contributed by atoms with E-state index >= 15 is 0 Å². The molecule has 2 aromatic heterocycles. The number of H-pyrrole nitrogens is 1. The molecule has 126 valence electrons. The van der Waals surface area contributed by atoms with Gasteiger partial charge in [0.2, 0.25) is 11.1 Å². The maximum absolute atomic E-state index is 12.5. The molecule has 0 aliphatic carbocycles. The Kier molecular flexibility index (Phi) is 5.29. The quantitative estimate of drug-likeness (QED) is 0.773. The number of nitrogens with one attached hydrogen (secondary N) is 2. The molecule has 0 aliphatic heterocycles. The van der Waals surface area contributed by atoms with Crippen LogP contribution in [0.4, 0.5) is 13.2 Å². The zero-order valence-electron chi connectivity index (χ0n) is 12.4. The van der Waals surface area contributed by atoms with Gasteiger partial charge < -0.3 is 5.32 Å². The van der Waals surface area contributed by atoms with Crippen LogP contribution < -0.4 is 5.32 Å². The fraction of sp³-hybridized carbons (Fsp3) is 0.500. The van der Waals surface area contributed by atoms with Gasteiger partial charge in [-0.05, 0) is 19.9 Å². The number of amides is 1. The summed E-state index contributed by atoms with van der Waals surface area (Å²) in [5.41, 5.74) is -0.547. The van der Waals surface area contributed by atoms with Gasteiger partial charge in [-0.3, -0.25) is 14.6 Å². The van der Waals surface area contributed by atoms with Gasteiger partial charge >= 0.3 is 6.18 Å². The molecule has 0 aromatic carbocycles. The molecular formula is C12H15F3N6OS. The highest BCUT2D eigenvalue weighted by atomic mass is 32.2. The number of aromatic nitrogens is 5. The van der Waals surface area contributed by atoms with Gasteiger partial charge in [0.05, 0.1) is 12.3 Å². The topological polar surface area (TPSA) is 88.5 Å². The van der Waals surface area contributed by atoms with Crippen LogP contribution in [0.1, 0.15) is 17.2 Å². The minimum absolute atomic E-state index is 0.128. The number of nitrogens with zero attached hydrogens (tertiary/aromatic N) is 4. The van der Waals surface area contributed by atoms with Crippen LogP contribution >= 0.6 is 11.8 Å². The van der Waals surface area contributed by atoms with Gasteiger partial charge in [0.1, 0.15) is 5.82 Å². The van der Waals surface area contributed by atoms with Crippen molar-refractivity contribution in [2.75, 3.05) is 12.3 Å². The van der Waals surface area contributed by atoms with Crippen LogP contribution in [0.5, 0.6) is 0 Å². The molecular weight excluding hydrogens is 333 g/mol. The molecule has 0 bridgehead atoms. The third-order valence-corrected chi connectivity index (χ3v) is 3.67. The number of hydrogen-bond donors (Lipinski definition) is 2. The molecule has 2 aromatic rings. The Balaban J connectivity index is 1.76. The molecule has 0 unspecified atom stereocenters. The lowest BCUT2D eigenvalue weighted by Gasteiger charge is -2.06. The van der Waals surface area contributed by atoms with E-state index < -0.39 is 11.9 Å². The zero-order chi connectivity index (χ0) is 17.0. The summed E-state index contributed by atoms with van der Waals surface area (Å²) in [6, 6.07) is 0.975. The molecule has 2 N–H and O–H groups in total. The molecule has 0 atom stereocenters. The van der Waals surface area contributed by atoms with Gasteiger partial charge in [-0.15, -0.1) is 5.10 Å². The summed E-state index contributed by atoms with van der Waals surface area (Å²) in [4.78, 5) is 15.7. The van der Waals surface area contributed by atoms with Gasteiger partial charge in [0.15, 0.2) is 5.69 Å². The van der Waals surface area contributed by atoms with Crippen molar-refractivity contribution in [2.45, 2.75) is 31.7 Å². The number of carbonyl (C=O) groups excluding carboxylic acids is 1. The number of thioether (sulfide) groups is 1. The van der Waals surface area contributed by atoms with Crippen molar-refractivity contribution < 1.29 is 18.0 Å². The molecule has 0 spiro atoms. The average Bonchev–Trinajstić information content (AvgIpc) is 3.03. The van der Waals surface area contributed by atoms with E-state index in [-0.39, 0.29) is 24.7 Å². The first-order valence-electron chi connectivity index (χ1n) is 6.66. The number of aryl methyl sites for hydroxylation is 2. The number of carbonyl (C=O) groups is 1. The van der Waals surface area contributed by atoms with Crippen LogP contribution in [-0.2, 0) is 17.5 Å². The number of hydrogen-bond acceptors (Lipinski definition) is 5. The van der Waals surface area contributed by atoms with Gasteiger partial charge in [0.25, 0.3) is 0 Å². The highest BCUT2D eigenvalue weighted by Gasteiger charge is 2.34. The van der Waals surface area contributed by atoms with Gasteiger partial charge in [-0.25, -0.2) is 4.98 Å². The van der Waals surface area contributed by atoms with Crippen molar-refractivity contribution in [1.82, 2.24) is 30.3 Å². The Labute approximate surface area is 134 Å². The molecule has 11 heteroatoms. The summed E-state index contributed by atoms with van der Waals surface area (Å²) in [5, 5.41) is 13.1. The summed E-state index contributed by atoms with van der Waals surface area (Å²) in [6.45, 7) is 3.63. The van der Waals surface area contributed by atoms with Crippen LogP contribution in [0.25, 0.3) is 0 Å². The zero-order valence-corrected chi connectivity index (χ0v) is 13.3. The van der Waals surface area contributed by atoms with E-state index in [1.165, 1.54) is 23.4 Å². The van der Waals surface area contributed by atoms with E-state index in [4.69, 9.17) is 0 Å². The maximum Gasteiger partial charge on any atom is 0.435 e. The second-order valence-corrected chi connectivity index (χ2v) is 5.68. The number of alkyl halides is 3. The molecule has 0 radical (unpaired) electrons. The Hall–Kier alpha value is -2.04. The Morgan fingerprint density at radius 1 is 1.43 bits per heavy atom. The summed E-state index contributed by atoms with van der Waals surface area (Å²) in [6.07, 6.45) is -4.47. The summed E-state index contributed by atoms with van der Waals surface area (Å²) in [5.74, 6) is 0.532. The van der Waals surface area contributed by atoms with Crippen LogP contribution in [0, 0.1) is 13.8 Å². The minimum Gasteiger partial charge on any atom is -0.354 e. The van der Waals surface area contributed by atoms with Gasteiger partial charge in [-0.2, -0.15) is 18.3 Å². The number of halogens is 3. The van der Waals surface area contributed by atoms with E-state index in [1.807, 2.05) is 0 Å². The van der Waals surface area contributed by atoms with Crippen molar-refractivity contribution >= 4 is 17.7 Å². The highest BCUT2D eigenvalue weighted by molar-refractivity contribution is 7.99. The summed E-state index contributed by atoms with van der Waals surface area (Å²) >= 11 is 1.17. The van der Waals surface area contributed by atoms with Crippen molar-refractivity contribution in [3.8, 4) is 0 Å². The van der Waals surface area contributed by atoms with E-state index in [1.54, 1.807) is 6.92 Å². The van der Waals surface area contributed by atoms with Crippen molar-refractivity contribution in [1.29, 1.82) is 0 Å². The third-order valence-electron chi connectivity index (χ3n) is 2.83. The van der Waals surface area contributed by atoms with Crippen LogP contribution in [0.2, 0.25) is 0 Å². The van der Waals surface area contributed by atoms with Crippen LogP contribution in [0.15, 0.2) is 11.2 Å². The second kappa shape index (κ2) is 7.02. The van der Waals surface area contributed by atoms with Gasteiger partial charge in [0, 0.05) is 12.2 Å². The molecule has 0 saturated heterocycles. The maximum atomic E-state index is 12.5. The SMILES string of the molecule is Cc1nc(SCC(=O)NCCn2nc(C(F)(F)F)cc2C)n[nH]1. The standard InChI is InChI=1S/C12H15F3N6OS/c1-7-5-9(12(13,14)15)20-21(7)4-3-16-10(22)6-23-11-17-8(2)18-19-11/h5H,3-4,6H2,1-2H3,(H,16,22)(H,17,18,19). The smallest absolute Gasteiger partial charge is 0.354 e. The Bertz CT molecular complexity index is 681. The lowest BCUT2D eigenvalue weighted by Crippen LogP contribution is -2.29. The molecule has 0 fully saturated rings. The first-order chi connectivity index (χ1) is 10.8. The molecule has 7 nitrogen and oxygen atoms in total. The fourth-order valence-electron chi connectivity index (χ4n) is 1.74. The van der Waals surface area contributed by atoms with Crippen molar-refractivity contribution in [2.24, 2.45) is 0 Å². The largest absolute Gasteiger partial charge is 0.435 e. The molecule has 1 amide bonds. The normalized spacial score (nSPS) is 11.7. The summed E-state index contributed by atoms with van der Waals surface area (Å²) in [7, 11) is 0. The molecule has 2 rings (SSSR count). The molecule has 2 heterocycles. The molecule has 0 aliphatic rings. The van der Waals surface area contributed by atoms with Crippen molar-refractivity contribution in [3.63, 3.8) is 0 Å². The molecule has 23 heavy (non-hydrogen) atoms. The van der Waals surface area contributed by atoms with Gasteiger partial charge in [-0.1, -0.05) is 11.8 Å². The lowest BCUT2D eigenvalue weighted by atomic mass is 10.3. The first kappa shape index (κ1) is 17.3. The van der Waals surface area contributed by atoms with E-state index in [0.717, 1.165) is 6.07 Å². The first-order valence-corrected chi connectivity index (χ1v) is 7.64. The number of aromatic amines is 1. The Morgan fingerprint density at radius 2 is 2.17 bits per heavy atom. The molecule has 0 saturated carbocycles. The van der Waals surface area contributed by atoms with E-state index in [0.29, 0.717) is 16.7 Å². The monoisotopic (exact) mass is 348 g/mol. The van der Waals surface area contributed by atoms with E-state index in [9.17, 15) is 18.0 Å². The lowest BCUT2D eigenvalue weighted by molar-refractivity contribution is -0.141. The number of rotatable bonds is 6. The van der Waals surface area contributed by atoms with Crippen molar-refractivity contribution in [3.05, 3.63) is 23.3 Å². The van der Waals surface area contributed by atoms with E-state index in [2.05, 4.69) is 25.6 Å². The van der Waals surface area contributed by atoms with Crippen LogP contribution in [0.3, 0.4) is 0 Å². The predicted octanol–water partition coefficient (Wildman–Crippen LogP) is 1.55. The third kappa shape index (κ3) is 4.98. The predicted molar refractivity (Wildman–Crippen MR) is 76.8 cm³/mol. The second-order valence-electron chi connectivity index (χ2n) is 4.73. The average molecular weight is 348 g/mol. The Morgan fingerprint density at radius 3 is 2.74 bits per heavy atom.